The van der Waals surface area contributed by atoms with Gasteiger partial charge in [0, 0.05) is 28.4 Å². The molecule has 2 aromatic carbocycles. The van der Waals surface area contributed by atoms with Crippen LogP contribution in [0.3, 0.4) is 0 Å². The van der Waals surface area contributed by atoms with Crippen LogP contribution in [-0.4, -0.2) is 4.57 Å². The molecule has 1 heterocycles. The second kappa shape index (κ2) is 4.85. The average Bonchev–Trinajstić information content (AvgIpc) is 2.74. The first-order valence-corrected chi connectivity index (χ1v) is 6.67. The number of aromatic nitrogens is 1. The van der Waals surface area contributed by atoms with Crippen molar-refractivity contribution < 1.29 is 0 Å². The van der Waals surface area contributed by atoms with Gasteiger partial charge in [-0.25, -0.2) is 0 Å². The number of unbranched alkanes of at least 4 members (excludes halogenated alkanes) is 2. The molecule has 0 saturated carbocycles. The molecule has 1 radical (unpaired) electrons. The van der Waals surface area contributed by atoms with Gasteiger partial charge >= 0.3 is 0 Å². The first-order valence-electron chi connectivity index (χ1n) is 6.67. The summed E-state index contributed by atoms with van der Waals surface area (Å²) in [7, 11) is 0. The molecule has 0 atom stereocenters. The van der Waals surface area contributed by atoms with Crippen LogP contribution in [0.5, 0.6) is 0 Å². The van der Waals surface area contributed by atoms with Crippen LogP contribution in [0.4, 0.5) is 0 Å². The van der Waals surface area contributed by atoms with Gasteiger partial charge in [0.2, 0.25) is 0 Å². The van der Waals surface area contributed by atoms with E-state index in [9.17, 15) is 0 Å². The van der Waals surface area contributed by atoms with Gasteiger partial charge in [-0.05, 0) is 18.6 Å². The van der Waals surface area contributed by atoms with E-state index in [1.54, 1.807) is 0 Å². The van der Waals surface area contributed by atoms with Gasteiger partial charge in [0.1, 0.15) is 0 Å². The van der Waals surface area contributed by atoms with E-state index in [0.29, 0.717) is 0 Å². The molecule has 3 aromatic rings. The lowest BCUT2D eigenvalue weighted by atomic mass is 10.2. The van der Waals surface area contributed by atoms with Crippen molar-refractivity contribution in [1.82, 2.24) is 4.57 Å². The Morgan fingerprint density at radius 3 is 1.89 bits per heavy atom. The summed E-state index contributed by atoms with van der Waals surface area (Å²) in [5, 5.41) is 2.73. The molecular formula is C17H18N. The SMILES string of the molecule is [CH2]CCCCn1c2ccccc2c2ccccc21. The third-order valence-electron chi connectivity index (χ3n) is 3.56. The van der Waals surface area contributed by atoms with E-state index in [-0.39, 0.29) is 0 Å². The van der Waals surface area contributed by atoms with Crippen molar-refractivity contribution in [3.05, 3.63) is 55.5 Å². The predicted molar refractivity (Wildman–Crippen MR) is 78.7 cm³/mol. The summed E-state index contributed by atoms with van der Waals surface area (Å²) in [5.74, 6) is 0. The maximum absolute atomic E-state index is 3.92. The summed E-state index contributed by atoms with van der Waals surface area (Å²) in [4.78, 5) is 0. The van der Waals surface area contributed by atoms with E-state index in [1.807, 2.05) is 0 Å². The molecule has 1 heteroatoms. The largest absolute Gasteiger partial charge is 0.340 e. The van der Waals surface area contributed by atoms with Crippen LogP contribution in [0.1, 0.15) is 19.3 Å². The molecule has 91 valence electrons. The van der Waals surface area contributed by atoms with E-state index >= 15 is 0 Å². The van der Waals surface area contributed by atoms with Gasteiger partial charge in [0.15, 0.2) is 0 Å². The normalized spacial score (nSPS) is 11.4. The summed E-state index contributed by atoms with van der Waals surface area (Å²) in [5.41, 5.74) is 2.70. The Morgan fingerprint density at radius 2 is 1.33 bits per heavy atom. The minimum Gasteiger partial charge on any atom is -0.340 e. The summed E-state index contributed by atoms with van der Waals surface area (Å²) in [6.07, 6.45) is 3.42. The second-order valence-corrected chi connectivity index (χ2v) is 4.75. The van der Waals surface area contributed by atoms with Crippen LogP contribution in [0.15, 0.2) is 48.5 Å². The average molecular weight is 236 g/mol. The van der Waals surface area contributed by atoms with E-state index < -0.39 is 0 Å². The van der Waals surface area contributed by atoms with Gasteiger partial charge in [-0.2, -0.15) is 0 Å². The lowest BCUT2D eigenvalue weighted by Gasteiger charge is -2.06. The number of benzene rings is 2. The van der Waals surface area contributed by atoms with Gasteiger partial charge in [-0.1, -0.05) is 56.2 Å². The molecule has 1 aromatic heterocycles. The number of aryl methyl sites for hydroxylation is 1. The predicted octanol–water partition coefficient (Wildman–Crippen LogP) is 4.80. The Labute approximate surface area is 108 Å². The van der Waals surface area contributed by atoms with Gasteiger partial charge in [-0.15, -0.1) is 0 Å². The van der Waals surface area contributed by atoms with Crippen molar-refractivity contribution in [1.29, 1.82) is 0 Å². The van der Waals surface area contributed by atoms with Gasteiger partial charge < -0.3 is 4.57 Å². The fraction of sp³-hybridized carbons (Fsp3) is 0.235. The molecule has 0 unspecified atom stereocenters. The van der Waals surface area contributed by atoms with E-state index in [4.69, 9.17) is 0 Å². The number of para-hydroxylation sites is 2. The first kappa shape index (κ1) is 11.3. The van der Waals surface area contributed by atoms with Gasteiger partial charge in [-0.3, -0.25) is 0 Å². The van der Waals surface area contributed by atoms with Gasteiger partial charge in [0.05, 0.1) is 0 Å². The van der Waals surface area contributed by atoms with Crippen molar-refractivity contribution in [3.63, 3.8) is 0 Å². The van der Waals surface area contributed by atoms with E-state index in [0.717, 1.165) is 13.0 Å². The van der Waals surface area contributed by atoms with Crippen LogP contribution < -0.4 is 0 Å². The Morgan fingerprint density at radius 1 is 0.778 bits per heavy atom. The highest BCUT2D eigenvalue weighted by Gasteiger charge is 2.08. The molecule has 3 rings (SSSR count). The molecule has 0 saturated heterocycles. The Hall–Kier alpha value is -1.76. The molecule has 0 aliphatic heterocycles. The molecule has 0 aliphatic carbocycles. The van der Waals surface area contributed by atoms with Crippen LogP contribution >= 0.6 is 0 Å². The highest BCUT2D eigenvalue weighted by Crippen LogP contribution is 2.28. The third-order valence-corrected chi connectivity index (χ3v) is 3.56. The van der Waals surface area contributed by atoms with Crippen LogP contribution in [0, 0.1) is 6.92 Å². The molecule has 0 fully saturated rings. The van der Waals surface area contributed by atoms with Crippen LogP contribution in [0.25, 0.3) is 21.8 Å². The Bertz CT molecular complexity index is 610. The minimum absolute atomic E-state index is 1.02. The summed E-state index contributed by atoms with van der Waals surface area (Å²) < 4.78 is 2.44. The van der Waals surface area contributed by atoms with Crippen molar-refractivity contribution in [2.24, 2.45) is 0 Å². The lowest BCUT2D eigenvalue weighted by molar-refractivity contribution is 0.641. The van der Waals surface area contributed by atoms with Gasteiger partial charge in [0.25, 0.3) is 0 Å². The van der Waals surface area contributed by atoms with Crippen molar-refractivity contribution >= 4 is 21.8 Å². The monoisotopic (exact) mass is 236 g/mol. The quantitative estimate of drug-likeness (QED) is 0.573. The molecule has 0 bridgehead atoms. The van der Waals surface area contributed by atoms with E-state index in [2.05, 4.69) is 60.0 Å². The number of hydrogen-bond donors (Lipinski definition) is 0. The third kappa shape index (κ3) is 1.80. The summed E-state index contributed by atoms with van der Waals surface area (Å²) >= 11 is 0. The zero-order valence-corrected chi connectivity index (χ0v) is 10.6. The topological polar surface area (TPSA) is 4.93 Å². The molecular weight excluding hydrogens is 218 g/mol. The smallest absolute Gasteiger partial charge is 0.0491 e. The summed E-state index contributed by atoms with van der Waals surface area (Å²) in [6, 6.07) is 17.4. The van der Waals surface area contributed by atoms with Crippen molar-refractivity contribution in [2.45, 2.75) is 25.8 Å². The summed E-state index contributed by atoms with van der Waals surface area (Å²) in [6.45, 7) is 5.01. The highest BCUT2D eigenvalue weighted by atomic mass is 15.0. The fourth-order valence-corrected chi connectivity index (χ4v) is 2.69. The maximum atomic E-state index is 3.92. The molecule has 18 heavy (non-hydrogen) atoms. The zero-order valence-electron chi connectivity index (χ0n) is 10.6. The lowest BCUT2D eigenvalue weighted by Crippen LogP contribution is -1.97. The Kier molecular flexibility index (Phi) is 3.06. The second-order valence-electron chi connectivity index (χ2n) is 4.75. The zero-order chi connectivity index (χ0) is 12.4. The number of rotatable bonds is 4. The molecule has 0 amide bonds. The molecule has 0 aliphatic rings. The number of hydrogen-bond acceptors (Lipinski definition) is 0. The highest BCUT2D eigenvalue weighted by molar-refractivity contribution is 6.07. The fourth-order valence-electron chi connectivity index (χ4n) is 2.69. The molecule has 0 spiro atoms. The van der Waals surface area contributed by atoms with Crippen LogP contribution in [-0.2, 0) is 6.54 Å². The van der Waals surface area contributed by atoms with E-state index in [1.165, 1.54) is 34.6 Å². The van der Waals surface area contributed by atoms with Crippen molar-refractivity contribution in [3.8, 4) is 0 Å². The number of nitrogens with zero attached hydrogens (tertiary/aromatic N) is 1. The first-order chi connectivity index (χ1) is 8.92. The minimum atomic E-state index is 1.02. The van der Waals surface area contributed by atoms with Crippen molar-refractivity contribution in [2.75, 3.05) is 0 Å². The van der Waals surface area contributed by atoms with Crippen LogP contribution in [0.2, 0.25) is 0 Å². The Balaban J connectivity index is 2.18. The molecule has 1 nitrogen and oxygen atoms in total. The standard InChI is InChI=1S/C17H18N/c1-2-3-8-13-18-16-11-6-4-9-14(16)15-10-5-7-12-17(15)18/h4-7,9-12H,1-3,8,13H2. The maximum Gasteiger partial charge on any atom is 0.0491 e. The molecule has 0 N–H and O–H groups in total. The number of fused-ring (bicyclic) bond motifs is 3.